The maximum atomic E-state index is 13.0. The van der Waals surface area contributed by atoms with Gasteiger partial charge in [-0.3, -0.25) is 0 Å². The quantitative estimate of drug-likeness (QED) is 0.457. The van der Waals surface area contributed by atoms with Crippen LogP contribution in [0.1, 0.15) is 19.4 Å². The molecule has 0 aliphatic heterocycles. The summed E-state index contributed by atoms with van der Waals surface area (Å²) < 4.78 is 35.5. The molecule has 1 aromatic carbocycles. The van der Waals surface area contributed by atoms with Gasteiger partial charge >= 0.3 is 33.9 Å². The summed E-state index contributed by atoms with van der Waals surface area (Å²) in [5, 5.41) is 0. The van der Waals surface area contributed by atoms with Gasteiger partial charge in [0.1, 0.15) is 5.82 Å². The number of benzene rings is 1. The second-order valence-electron chi connectivity index (χ2n) is 3.08. The van der Waals surface area contributed by atoms with Crippen LogP contribution in [0.3, 0.4) is 0 Å². The van der Waals surface area contributed by atoms with E-state index in [1.54, 1.807) is 6.07 Å². The molecular formula is C14H13CrFO3. The van der Waals surface area contributed by atoms with Crippen LogP contribution >= 0.6 is 0 Å². The smallest absolute Gasteiger partial charge is 0 e. The topological polar surface area (TPSA) is 59.7 Å². The second-order valence-corrected chi connectivity index (χ2v) is 3.08. The van der Waals surface area contributed by atoms with Crippen LogP contribution in [0.4, 0.5) is 4.39 Å². The van der Waals surface area contributed by atoms with Gasteiger partial charge < -0.3 is 0 Å². The minimum Gasteiger partial charge on any atom is 0 e. The van der Waals surface area contributed by atoms with Crippen molar-refractivity contribution in [2.75, 3.05) is 0 Å². The Morgan fingerprint density at radius 3 is 1.84 bits per heavy atom. The Morgan fingerprint density at radius 1 is 1.05 bits per heavy atom. The number of allylic oxidation sites excluding steroid dienone is 2. The van der Waals surface area contributed by atoms with Crippen molar-refractivity contribution in [3.05, 3.63) is 67.2 Å². The predicted molar refractivity (Wildman–Crippen MR) is 61.3 cm³/mol. The Morgan fingerprint density at radius 2 is 1.47 bits per heavy atom. The van der Waals surface area contributed by atoms with Crippen molar-refractivity contribution >= 4 is 0 Å². The first-order chi connectivity index (χ1) is 8.70. The van der Waals surface area contributed by atoms with Crippen molar-refractivity contribution < 1.29 is 35.7 Å². The van der Waals surface area contributed by atoms with Gasteiger partial charge in [-0.1, -0.05) is 29.8 Å². The minimum absolute atomic E-state index is 0. The van der Waals surface area contributed by atoms with Crippen LogP contribution < -0.4 is 0 Å². The number of hydrogen-bond donors (Lipinski definition) is 0. The Balaban J connectivity index is -0.000000142. The number of rotatable bonds is 2. The van der Waals surface area contributed by atoms with Gasteiger partial charge in [-0.05, 0) is 31.9 Å². The molecule has 0 spiro atoms. The van der Waals surface area contributed by atoms with Crippen molar-refractivity contribution in [3.8, 4) is 0 Å². The van der Waals surface area contributed by atoms with E-state index in [0.29, 0.717) is 6.42 Å². The van der Waals surface area contributed by atoms with Crippen LogP contribution in [0.25, 0.3) is 0 Å². The van der Waals surface area contributed by atoms with Gasteiger partial charge in [-0.2, -0.15) is 0 Å². The Kier molecular flexibility index (Phi) is 30.2. The van der Waals surface area contributed by atoms with Gasteiger partial charge in [-0.15, -0.1) is 0 Å². The molecule has 0 heterocycles. The first kappa shape index (κ1) is 26.3. The monoisotopic (exact) mass is 300 g/mol. The molecular weight excluding hydrogens is 287 g/mol. The SMILES string of the molecule is CC(C)=CCc1ccccc1F.[C-]#[O+].[C-]#[O+].[C-]#[O+].[Cr]. The van der Waals surface area contributed by atoms with E-state index >= 15 is 0 Å². The van der Waals surface area contributed by atoms with Crippen molar-refractivity contribution in [3.63, 3.8) is 0 Å². The van der Waals surface area contributed by atoms with Crippen LogP contribution in [0.5, 0.6) is 0 Å². The second kappa shape index (κ2) is 21.9. The number of hydrogen-bond acceptors (Lipinski definition) is 0. The molecule has 0 aliphatic carbocycles. The van der Waals surface area contributed by atoms with Crippen molar-refractivity contribution in [2.45, 2.75) is 20.3 Å². The fraction of sp³-hybridized carbons (Fsp3) is 0.214. The van der Waals surface area contributed by atoms with Crippen LogP contribution in [-0.4, -0.2) is 0 Å². The van der Waals surface area contributed by atoms with E-state index in [1.165, 1.54) is 11.6 Å². The molecule has 0 fully saturated rings. The van der Waals surface area contributed by atoms with Gasteiger partial charge in [-0.25, -0.2) is 4.39 Å². The molecule has 5 heteroatoms. The van der Waals surface area contributed by atoms with E-state index in [9.17, 15) is 4.39 Å². The summed E-state index contributed by atoms with van der Waals surface area (Å²) in [6.07, 6.45) is 2.72. The van der Waals surface area contributed by atoms with E-state index < -0.39 is 0 Å². The fourth-order valence-electron chi connectivity index (χ4n) is 0.978. The Bertz CT molecular complexity index is 390. The standard InChI is InChI=1S/C11H13F.3CO.Cr/c1-9(2)7-8-10-5-3-4-6-11(10)12;3*1-2;/h3-7H,8H2,1-2H3;;;;. The predicted octanol–water partition coefficient (Wildman–Crippen LogP) is 3.22. The molecule has 19 heavy (non-hydrogen) atoms. The largest absolute Gasteiger partial charge is 0 e. The average Bonchev–Trinajstić information content (AvgIpc) is 2.44. The van der Waals surface area contributed by atoms with Gasteiger partial charge in [0.05, 0.1) is 0 Å². The van der Waals surface area contributed by atoms with E-state index in [1.807, 2.05) is 32.1 Å². The summed E-state index contributed by atoms with van der Waals surface area (Å²) in [4.78, 5) is 0. The van der Waals surface area contributed by atoms with E-state index in [4.69, 9.17) is 14.0 Å². The molecule has 0 saturated heterocycles. The summed E-state index contributed by atoms with van der Waals surface area (Å²) in [5.74, 6) is -0.116. The maximum absolute atomic E-state index is 13.0. The molecule has 0 radical (unpaired) electrons. The third-order valence-corrected chi connectivity index (χ3v) is 1.69. The third kappa shape index (κ3) is 16.6. The third-order valence-electron chi connectivity index (χ3n) is 1.69. The Labute approximate surface area is 123 Å². The van der Waals surface area contributed by atoms with Crippen LogP contribution in [-0.2, 0) is 37.7 Å². The van der Waals surface area contributed by atoms with Crippen LogP contribution in [0.15, 0.2) is 35.9 Å². The van der Waals surface area contributed by atoms with E-state index in [-0.39, 0.29) is 23.2 Å². The van der Waals surface area contributed by atoms with Gasteiger partial charge in [0.2, 0.25) is 0 Å². The molecule has 1 aromatic rings. The van der Waals surface area contributed by atoms with Crippen molar-refractivity contribution in [1.29, 1.82) is 0 Å². The average molecular weight is 300 g/mol. The Hall–Kier alpha value is -1.36. The molecule has 0 aliphatic rings. The molecule has 100 valence electrons. The van der Waals surface area contributed by atoms with Gasteiger partial charge in [0.25, 0.3) is 0 Å². The first-order valence-electron chi connectivity index (χ1n) is 4.68. The summed E-state index contributed by atoms with van der Waals surface area (Å²) in [6, 6.07) is 6.88. The molecule has 0 N–H and O–H groups in total. The fourth-order valence-corrected chi connectivity index (χ4v) is 0.978. The summed E-state index contributed by atoms with van der Waals surface area (Å²) in [5.41, 5.74) is 1.98. The van der Waals surface area contributed by atoms with Gasteiger partial charge in [0, 0.05) is 17.4 Å². The van der Waals surface area contributed by atoms with Gasteiger partial charge in [0.15, 0.2) is 0 Å². The molecule has 0 atom stereocenters. The maximum Gasteiger partial charge on any atom is 0 e. The number of halogens is 1. The first-order valence-corrected chi connectivity index (χ1v) is 4.68. The summed E-state index contributed by atoms with van der Waals surface area (Å²) in [6.45, 7) is 17.5. The normalized spacial score (nSPS) is 6.37. The summed E-state index contributed by atoms with van der Waals surface area (Å²) in [7, 11) is 0. The van der Waals surface area contributed by atoms with Crippen LogP contribution in [0.2, 0.25) is 0 Å². The molecule has 0 amide bonds. The molecule has 0 unspecified atom stereocenters. The molecule has 0 saturated carbocycles. The zero-order valence-corrected chi connectivity index (χ0v) is 11.9. The van der Waals surface area contributed by atoms with Crippen LogP contribution in [0, 0.1) is 25.8 Å². The molecule has 3 nitrogen and oxygen atoms in total. The van der Waals surface area contributed by atoms with E-state index in [0.717, 1.165) is 5.56 Å². The van der Waals surface area contributed by atoms with Crippen molar-refractivity contribution in [1.82, 2.24) is 0 Å². The zero-order valence-electron chi connectivity index (χ0n) is 10.6. The summed E-state index contributed by atoms with van der Waals surface area (Å²) >= 11 is 0. The minimum atomic E-state index is -0.116. The molecule has 1 rings (SSSR count). The van der Waals surface area contributed by atoms with E-state index in [2.05, 4.69) is 20.0 Å². The molecule has 0 aromatic heterocycles. The van der Waals surface area contributed by atoms with Crippen molar-refractivity contribution in [2.24, 2.45) is 0 Å². The zero-order chi connectivity index (χ0) is 15.0. The molecule has 0 bridgehead atoms.